The predicted molar refractivity (Wildman–Crippen MR) is 98.3 cm³/mol. The summed E-state index contributed by atoms with van der Waals surface area (Å²) >= 11 is 11.3. The number of thiol groups is 1. The van der Waals surface area contributed by atoms with Gasteiger partial charge in [0.05, 0.1) is 5.52 Å². The van der Waals surface area contributed by atoms with E-state index < -0.39 is 15.6 Å². The molecule has 3 N–H and O–H groups in total. The lowest BCUT2D eigenvalue weighted by atomic mass is 10.2. The van der Waals surface area contributed by atoms with Crippen molar-refractivity contribution in [2.75, 3.05) is 10.6 Å². The normalized spacial score (nSPS) is 11.8. The van der Waals surface area contributed by atoms with Crippen molar-refractivity contribution in [3.8, 4) is 0 Å². The number of aromatic nitrogens is 2. The van der Waals surface area contributed by atoms with Crippen molar-refractivity contribution in [2.45, 2.75) is 16.7 Å². The third kappa shape index (κ3) is 2.86. The molecule has 2 aromatic heterocycles. The van der Waals surface area contributed by atoms with Crippen LogP contribution in [0.3, 0.4) is 0 Å². The fraction of sp³-hybridized carbons (Fsp3) is 0.0769. The van der Waals surface area contributed by atoms with Gasteiger partial charge in [0.15, 0.2) is 0 Å². The Kier molecular flexibility index (Phi) is 4.24. The molecule has 3 rings (SSSR count). The van der Waals surface area contributed by atoms with Gasteiger partial charge in [-0.3, -0.25) is 4.79 Å². The molecule has 0 saturated heterocycles. The van der Waals surface area contributed by atoms with Crippen LogP contribution in [0.25, 0.3) is 10.2 Å². The van der Waals surface area contributed by atoms with E-state index in [0.29, 0.717) is 25.5 Å². The molecule has 1 aromatic carbocycles. The van der Waals surface area contributed by atoms with Gasteiger partial charge in [0.2, 0.25) is 5.95 Å². The minimum absolute atomic E-state index is 0.0904. The summed E-state index contributed by atoms with van der Waals surface area (Å²) in [7, 11) is -4.06. The van der Waals surface area contributed by atoms with Gasteiger partial charge in [0, 0.05) is 9.92 Å². The van der Waals surface area contributed by atoms with E-state index in [1.807, 2.05) is 0 Å². The van der Waals surface area contributed by atoms with Crippen molar-refractivity contribution in [1.82, 2.24) is 9.66 Å². The van der Waals surface area contributed by atoms with Crippen LogP contribution < -0.4 is 16.1 Å². The zero-order valence-corrected chi connectivity index (χ0v) is 15.4. The van der Waals surface area contributed by atoms with Gasteiger partial charge in [0.25, 0.3) is 15.6 Å². The van der Waals surface area contributed by atoms with E-state index in [9.17, 15) is 13.2 Å². The number of sulfonamides is 1. The summed E-state index contributed by atoms with van der Waals surface area (Å²) in [6.45, 7) is 1.67. The predicted octanol–water partition coefficient (Wildman–Crippen LogP) is 2.22. The summed E-state index contributed by atoms with van der Waals surface area (Å²) in [5.74, 6) is 5.38. The molecule has 0 bridgehead atoms. The molecule has 0 radical (unpaired) electrons. The largest absolute Gasteiger partial charge is 0.333 e. The molecule has 0 aliphatic carbocycles. The molecule has 0 fully saturated rings. The van der Waals surface area contributed by atoms with Gasteiger partial charge in [-0.2, -0.15) is 4.68 Å². The number of nitrogens with zero attached hydrogens (tertiary/aromatic N) is 2. The number of nitrogens with two attached hydrogens (primary N) is 1. The van der Waals surface area contributed by atoms with Gasteiger partial charge in [-0.05, 0) is 36.1 Å². The number of halogens is 1. The molecule has 0 amide bonds. The molecule has 3 aromatic rings. The van der Waals surface area contributed by atoms with Crippen LogP contribution in [0, 0.1) is 6.92 Å². The first-order chi connectivity index (χ1) is 11.2. The summed E-state index contributed by atoms with van der Waals surface area (Å²) in [5, 5.41) is 2.07. The van der Waals surface area contributed by atoms with E-state index >= 15 is 0 Å². The van der Waals surface area contributed by atoms with Gasteiger partial charge in [-0.15, -0.1) is 24.0 Å². The molecule has 0 aliphatic heterocycles. The van der Waals surface area contributed by atoms with Crippen molar-refractivity contribution >= 4 is 61.8 Å². The average molecular weight is 403 g/mol. The first kappa shape index (κ1) is 17.1. The molecule has 2 heterocycles. The topological polar surface area (TPSA) is 107 Å². The van der Waals surface area contributed by atoms with Gasteiger partial charge in [-0.25, -0.2) is 18.1 Å². The first-order valence-corrected chi connectivity index (χ1v) is 9.67. The monoisotopic (exact) mass is 402 g/mol. The van der Waals surface area contributed by atoms with Gasteiger partial charge in [0.1, 0.15) is 9.60 Å². The summed E-state index contributed by atoms with van der Waals surface area (Å²) < 4.78 is 28.5. The van der Waals surface area contributed by atoms with Crippen LogP contribution >= 0.6 is 35.6 Å². The maximum atomic E-state index is 12.6. The number of benzene rings is 1. The SMILES string of the molecule is Cc1cc(S(=O)(=O)Nc2nc3ccsc3c(=O)n2N)c(S)cc1Cl. The van der Waals surface area contributed by atoms with Crippen molar-refractivity contribution in [3.63, 3.8) is 0 Å². The van der Waals surface area contributed by atoms with Crippen LogP contribution in [0.5, 0.6) is 0 Å². The fourth-order valence-electron chi connectivity index (χ4n) is 2.03. The molecular weight excluding hydrogens is 392 g/mol. The van der Waals surface area contributed by atoms with Crippen LogP contribution in [0.1, 0.15) is 5.56 Å². The van der Waals surface area contributed by atoms with Crippen molar-refractivity contribution in [1.29, 1.82) is 0 Å². The van der Waals surface area contributed by atoms with Crippen molar-refractivity contribution in [2.24, 2.45) is 0 Å². The van der Waals surface area contributed by atoms with Crippen LogP contribution in [0.15, 0.2) is 38.2 Å². The summed E-state index contributed by atoms with van der Waals surface area (Å²) in [5.41, 5.74) is 0.398. The van der Waals surface area contributed by atoms with Crippen LogP contribution in [0.4, 0.5) is 5.95 Å². The molecular formula is C13H11ClN4O3S3. The molecule has 11 heteroatoms. The summed E-state index contributed by atoms with van der Waals surface area (Å²) in [6, 6.07) is 4.42. The quantitative estimate of drug-likeness (QED) is 0.460. The number of hydrogen-bond donors (Lipinski definition) is 3. The summed E-state index contributed by atoms with van der Waals surface area (Å²) in [4.78, 5) is 16.3. The standard InChI is InChI=1S/C13H11ClN4O3S3/c1-6-4-10(9(22)5-7(6)14)24(20,21)17-13-16-8-2-3-23-11(8)12(19)18(13)15/h2-5,22H,15H2,1H3,(H,16,17). The Hall–Kier alpha value is -1.75. The molecule has 0 atom stereocenters. The summed E-state index contributed by atoms with van der Waals surface area (Å²) in [6.07, 6.45) is 0. The van der Waals surface area contributed by atoms with Crippen LogP contribution in [-0.2, 0) is 10.0 Å². The molecule has 126 valence electrons. The smallest absolute Gasteiger partial charge is 0.291 e. The lowest BCUT2D eigenvalue weighted by Crippen LogP contribution is -2.32. The Bertz CT molecular complexity index is 1120. The molecule has 0 saturated carbocycles. The maximum Gasteiger partial charge on any atom is 0.291 e. The Morgan fingerprint density at radius 2 is 2.12 bits per heavy atom. The highest BCUT2D eigenvalue weighted by molar-refractivity contribution is 7.93. The van der Waals surface area contributed by atoms with Gasteiger partial charge in [-0.1, -0.05) is 11.6 Å². The Balaban J connectivity index is 2.12. The zero-order valence-electron chi connectivity index (χ0n) is 12.1. The Labute approximate surface area is 151 Å². The average Bonchev–Trinajstić information content (AvgIpc) is 2.96. The minimum atomic E-state index is -4.06. The molecule has 0 aliphatic rings. The molecule has 7 nitrogen and oxygen atoms in total. The lowest BCUT2D eigenvalue weighted by Gasteiger charge is -2.13. The van der Waals surface area contributed by atoms with Gasteiger partial charge >= 0.3 is 0 Å². The number of anilines is 1. The third-order valence-corrected chi connectivity index (χ3v) is 6.46. The number of nitrogen functional groups attached to an aromatic ring is 1. The number of hydrogen-bond acceptors (Lipinski definition) is 7. The van der Waals surface area contributed by atoms with Crippen molar-refractivity contribution < 1.29 is 8.42 Å². The second-order valence-electron chi connectivity index (χ2n) is 4.92. The van der Waals surface area contributed by atoms with Crippen LogP contribution in [0.2, 0.25) is 5.02 Å². The lowest BCUT2D eigenvalue weighted by molar-refractivity contribution is 0.598. The second-order valence-corrected chi connectivity index (χ2v) is 8.38. The number of nitrogens with one attached hydrogen (secondary N) is 1. The number of rotatable bonds is 3. The van der Waals surface area contributed by atoms with Gasteiger partial charge < -0.3 is 5.84 Å². The van der Waals surface area contributed by atoms with E-state index in [1.165, 1.54) is 23.5 Å². The fourth-order valence-corrected chi connectivity index (χ4v) is 4.75. The van der Waals surface area contributed by atoms with E-state index in [2.05, 4.69) is 22.3 Å². The number of fused-ring (bicyclic) bond motifs is 1. The van der Waals surface area contributed by atoms with E-state index in [0.717, 1.165) is 0 Å². The molecule has 0 spiro atoms. The van der Waals surface area contributed by atoms with Crippen molar-refractivity contribution in [3.05, 3.63) is 44.5 Å². The zero-order chi connectivity index (χ0) is 17.6. The van der Waals surface area contributed by atoms with E-state index in [1.54, 1.807) is 18.4 Å². The Morgan fingerprint density at radius 1 is 1.42 bits per heavy atom. The van der Waals surface area contributed by atoms with Crippen LogP contribution in [-0.4, -0.2) is 18.1 Å². The highest BCUT2D eigenvalue weighted by atomic mass is 35.5. The first-order valence-electron chi connectivity index (χ1n) is 6.48. The third-order valence-electron chi connectivity index (χ3n) is 3.27. The van der Waals surface area contributed by atoms with E-state index in [-0.39, 0.29) is 15.7 Å². The second kappa shape index (κ2) is 5.96. The number of aryl methyl sites for hydroxylation is 1. The van der Waals surface area contributed by atoms with E-state index in [4.69, 9.17) is 17.4 Å². The minimum Gasteiger partial charge on any atom is -0.333 e. The maximum absolute atomic E-state index is 12.6. The highest BCUT2D eigenvalue weighted by Crippen LogP contribution is 2.28. The Morgan fingerprint density at radius 3 is 2.83 bits per heavy atom. The number of thiophene rings is 1. The highest BCUT2D eigenvalue weighted by Gasteiger charge is 2.22. The molecule has 0 unspecified atom stereocenters. The molecule has 24 heavy (non-hydrogen) atoms.